The molecule has 2 amide bonds. The molecule has 0 saturated heterocycles. The van der Waals surface area contributed by atoms with Crippen molar-refractivity contribution in [2.75, 3.05) is 0 Å². The summed E-state index contributed by atoms with van der Waals surface area (Å²) in [5, 5.41) is 11.1. The molecule has 17 heavy (non-hydrogen) atoms. The summed E-state index contributed by atoms with van der Waals surface area (Å²) in [5.41, 5.74) is 10.4. The molecule has 0 heterocycles. The van der Waals surface area contributed by atoms with Crippen LogP contribution in [0.3, 0.4) is 0 Å². The van der Waals surface area contributed by atoms with Crippen LogP contribution in [0, 0.1) is 0 Å². The predicted octanol–water partition coefficient (Wildman–Crippen LogP) is -1.05. The van der Waals surface area contributed by atoms with Gasteiger partial charge in [-0.2, -0.15) is 0 Å². The third kappa shape index (κ3) is 6.52. The second-order valence-corrected chi connectivity index (χ2v) is 3.80. The Labute approximate surface area is 99.5 Å². The Kier molecular flexibility index (Phi) is 6.88. The number of hydrogen-bond acceptors (Lipinski definition) is 4. The van der Waals surface area contributed by atoms with Gasteiger partial charge in [0.25, 0.3) is 0 Å². The van der Waals surface area contributed by atoms with Crippen LogP contribution in [0.15, 0.2) is 0 Å². The molecule has 0 unspecified atom stereocenters. The molecule has 0 aliphatic rings. The van der Waals surface area contributed by atoms with Gasteiger partial charge in [-0.3, -0.25) is 9.59 Å². The van der Waals surface area contributed by atoms with E-state index in [4.69, 9.17) is 16.6 Å². The van der Waals surface area contributed by atoms with Crippen LogP contribution in [0.1, 0.15) is 32.6 Å². The van der Waals surface area contributed by atoms with Crippen LogP contribution in [0.25, 0.3) is 0 Å². The molecule has 0 spiro atoms. The highest BCUT2D eigenvalue weighted by Gasteiger charge is 2.23. The number of nitrogens with two attached hydrogens (primary N) is 2. The Morgan fingerprint density at radius 1 is 1.29 bits per heavy atom. The quantitative estimate of drug-likeness (QED) is 0.432. The van der Waals surface area contributed by atoms with Gasteiger partial charge in [-0.25, -0.2) is 4.79 Å². The highest BCUT2D eigenvalue weighted by atomic mass is 16.4. The second-order valence-electron chi connectivity index (χ2n) is 3.80. The van der Waals surface area contributed by atoms with E-state index in [2.05, 4.69) is 5.32 Å². The van der Waals surface area contributed by atoms with Gasteiger partial charge in [0, 0.05) is 6.42 Å². The van der Waals surface area contributed by atoms with Gasteiger partial charge >= 0.3 is 5.97 Å². The summed E-state index contributed by atoms with van der Waals surface area (Å²) in [6, 6.07) is -1.85. The summed E-state index contributed by atoms with van der Waals surface area (Å²) in [5.74, 6) is -2.34. The summed E-state index contributed by atoms with van der Waals surface area (Å²) >= 11 is 0. The SMILES string of the molecule is CCC[C@@H](N)C(=O)N[C@H](CCC(N)=O)C(=O)O. The third-order valence-electron chi connectivity index (χ3n) is 2.23. The molecule has 7 heteroatoms. The number of nitrogens with one attached hydrogen (secondary N) is 1. The lowest BCUT2D eigenvalue weighted by Crippen LogP contribution is -2.48. The Morgan fingerprint density at radius 2 is 1.88 bits per heavy atom. The van der Waals surface area contributed by atoms with Crippen LogP contribution in [0.4, 0.5) is 0 Å². The molecule has 7 nitrogen and oxygen atoms in total. The first kappa shape index (κ1) is 15.4. The zero-order valence-corrected chi connectivity index (χ0v) is 9.81. The largest absolute Gasteiger partial charge is 0.480 e. The van der Waals surface area contributed by atoms with E-state index >= 15 is 0 Å². The first-order valence-electron chi connectivity index (χ1n) is 5.45. The minimum absolute atomic E-state index is 0.0325. The number of carbonyl (C=O) groups excluding carboxylic acids is 2. The zero-order chi connectivity index (χ0) is 13.4. The van der Waals surface area contributed by atoms with Gasteiger partial charge in [0.2, 0.25) is 11.8 Å². The van der Waals surface area contributed by atoms with Crippen molar-refractivity contribution >= 4 is 17.8 Å². The standard InChI is InChI=1S/C10H19N3O4/c1-2-3-6(11)9(15)13-7(10(16)17)4-5-8(12)14/h6-7H,2-5,11H2,1H3,(H2,12,14)(H,13,15)(H,16,17)/t6-,7-/m1/s1. The van der Waals surface area contributed by atoms with Gasteiger partial charge in [0.05, 0.1) is 6.04 Å². The Morgan fingerprint density at radius 3 is 2.29 bits per heavy atom. The molecule has 98 valence electrons. The average molecular weight is 245 g/mol. The molecule has 0 aliphatic carbocycles. The van der Waals surface area contributed by atoms with Gasteiger partial charge in [0.15, 0.2) is 0 Å². The van der Waals surface area contributed by atoms with Gasteiger partial charge in [-0.15, -0.1) is 0 Å². The van der Waals surface area contributed by atoms with Crippen molar-refractivity contribution in [3.8, 4) is 0 Å². The number of primary amides is 1. The molecule has 0 rings (SSSR count). The first-order chi connectivity index (χ1) is 7.88. The summed E-state index contributed by atoms with van der Waals surface area (Å²) in [4.78, 5) is 32.8. The van der Waals surface area contributed by atoms with E-state index in [0.29, 0.717) is 6.42 Å². The van der Waals surface area contributed by atoms with Crippen molar-refractivity contribution in [3.63, 3.8) is 0 Å². The fourth-order valence-corrected chi connectivity index (χ4v) is 1.26. The lowest BCUT2D eigenvalue weighted by Gasteiger charge is -2.16. The van der Waals surface area contributed by atoms with E-state index in [1.807, 2.05) is 6.92 Å². The summed E-state index contributed by atoms with van der Waals surface area (Å²) in [7, 11) is 0. The molecule has 6 N–H and O–H groups in total. The molecule has 0 fully saturated rings. The van der Waals surface area contributed by atoms with Crippen molar-refractivity contribution in [3.05, 3.63) is 0 Å². The van der Waals surface area contributed by atoms with Crippen molar-refractivity contribution in [2.45, 2.75) is 44.7 Å². The minimum atomic E-state index is -1.21. The fourth-order valence-electron chi connectivity index (χ4n) is 1.26. The molecule has 0 aliphatic heterocycles. The fraction of sp³-hybridized carbons (Fsp3) is 0.700. The van der Waals surface area contributed by atoms with Gasteiger partial charge < -0.3 is 21.9 Å². The monoisotopic (exact) mass is 245 g/mol. The number of carboxylic acids is 1. The van der Waals surface area contributed by atoms with Crippen LogP contribution in [0.5, 0.6) is 0 Å². The van der Waals surface area contributed by atoms with Crippen LogP contribution in [0.2, 0.25) is 0 Å². The summed E-state index contributed by atoms with van der Waals surface area (Å²) < 4.78 is 0. The number of rotatable bonds is 8. The number of carboxylic acid groups (broad SMARTS) is 1. The maximum atomic E-state index is 11.5. The van der Waals surface area contributed by atoms with Crippen molar-refractivity contribution in [1.29, 1.82) is 0 Å². The zero-order valence-electron chi connectivity index (χ0n) is 9.81. The number of aliphatic carboxylic acids is 1. The van der Waals surface area contributed by atoms with Crippen LogP contribution in [-0.4, -0.2) is 35.0 Å². The predicted molar refractivity (Wildman–Crippen MR) is 60.9 cm³/mol. The van der Waals surface area contributed by atoms with E-state index in [1.165, 1.54) is 0 Å². The van der Waals surface area contributed by atoms with Crippen LogP contribution in [-0.2, 0) is 14.4 Å². The number of amides is 2. The highest BCUT2D eigenvalue weighted by Crippen LogP contribution is 2.00. The lowest BCUT2D eigenvalue weighted by atomic mass is 10.1. The number of hydrogen-bond donors (Lipinski definition) is 4. The smallest absolute Gasteiger partial charge is 0.326 e. The van der Waals surface area contributed by atoms with E-state index in [9.17, 15) is 14.4 Å². The molecule has 2 atom stereocenters. The van der Waals surface area contributed by atoms with Crippen molar-refractivity contribution in [1.82, 2.24) is 5.32 Å². The van der Waals surface area contributed by atoms with Gasteiger partial charge in [-0.05, 0) is 12.8 Å². The normalized spacial score (nSPS) is 13.8. The summed E-state index contributed by atoms with van der Waals surface area (Å²) in [6.45, 7) is 1.87. The molecule has 0 aromatic carbocycles. The molecular formula is C10H19N3O4. The number of carbonyl (C=O) groups is 3. The molecular weight excluding hydrogens is 226 g/mol. The lowest BCUT2D eigenvalue weighted by molar-refractivity contribution is -0.142. The second kappa shape index (κ2) is 7.61. The molecule has 0 radical (unpaired) electrons. The average Bonchev–Trinajstić information content (AvgIpc) is 2.23. The molecule has 0 saturated carbocycles. The molecule has 0 bridgehead atoms. The van der Waals surface area contributed by atoms with Crippen LogP contribution >= 0.6 is 0 Å². The van der Waals surface area contributed by atoms with Gasteiger partial charge in [0.1, 0.15) is 6.04 Å². The first-order valence-corrected chi connectivity index (χ1v) is 5.45. The molecule has 0 aromatic heterocycles. The molecule has 0 aromatic rings. The van der Waals surface area contributed by atoms with E-state index < -0.39 is 29.9 Å². The maximum absolute atomic E-state index is 11.5. The Hall–Kier alpha value is -1.63. The van der Waals surface area contributed by atoms with Gasteiger partial charge in [-0.1, -0.05) is 13.3 Å². The summed E-state index contributed by atoms with van der Waals surface area (Å²) in [6.07, 6.45) is 1.08. The van der Waals surface area contributed by atoms with E-state index in [0.717, 1.165) is 6.42 Å². The third-order valence-corrected chi connectivity index (χ3v) is 2.23. The van der Waals surface area contributed by atoms with Crippen LogP contribution < -0.4 is 16.8 Å². The van der Waals surface area contributed by atoms with Crippen molar-refractivity contribution in [2.24, 2.45) is 11.5 Å². The van der Waals surface area contributed by atoms with E-state index in [1.54, 1.807) is 0 Å². The van der Waals surface area contributed by atoms with Crippen molar-refractivity contribution < 1.29 is 19.5 Å². The topological polar surface area (TPSA) is 136 Å². The maximum Gasteiger partial charge on any atom is 0.326 e. The Bertz CT molecular complexity index is 293. The van der Waals surface area contributed by atoms with E-state index in [-0.39, 0.29) is 12.8 Å². The highest BCUT2D eigenvalue weighted by molar-refractivity contribution is 5.87. The minimum Gasteiger partial charge on any atom is -0.480 e. The Balaban J connectivity index is 4.29.